The molecule has 0 aromatic heterocycles. The minimum Gasteiger partial charge on any atom is -0.489 e. The zero-order chi connectivity index (χ0) is 21.3. The first-order chi connectivity index (χ1) is 14.4. The fourth-order valence-corrected chi connectivity index (χ4v) is 3.43. The molecule has 0 fully saturated rings. The monoisotopic (exact) mass is 399 g/mol. The van der Waals surface area contributed by atoms with Crippen molar-refractivity contribution >= 4 is 17.5 Å². The number of anilines is 1. The molecular weight excluding hydrogens is 374 g/mol. The fourth-order valence-electron chi connectivity index (χ4n) is 3.43. The molecule has 0 spiro atoms. The molecule has 30 heavy (non-hydrogen) atoms. The third-order valence-electron chi connectivity index (χ3n) is 5.18. The van der Waals surface area contributed by atoms with Crippen LogP contribution in [0.2, 0.25) is 0 Å². The van der Waals surface area contributed by atoms with Crippen molar-refractivity contribution in [3.63, 3.8) is 0 Å². The zero-order valence-electron chi connectivity index (χ0n) is 17.7. The van der Waals surface area contributed by atoms with Crippen LogP contribution in [0, 0.1) is 13.8 Å². The van der Waals surface area contributed by atoms with E-state index in [0.29, 0.717) is 29.4 Å². The molecule has 0 amide bonds. The number of benzene rings is 3. The normalized spacial score (nSPS) is 13.9. The van der Waals surface area contributed by atoms with Crippen LogP contribution in [0.1, 0.15) is 32.6 Å². The molecular formula is C26H25NO3. The van der Waals surface area contributed by atoms with E-state index in [2.05, 4.69) is 31.2 Å². The SMILES string of the molecule is Cc1ccc(COc2cc(C)c3c(c2)O/C(=C\c2ccc(N(C)C)cc2)C3=O)cc1. The second kappa shape index (κ2) is 8.07. The van der Waals surface area contributed by atoms with Gasteiger partial charge in [0, 0.05) is 25.8 Å². The summed E-state index contributed by atoms with van der Waals surface area (Å²) in [5.41, 5.74) is 5.79. The van der Waals surface area contributed by atoms with E-state index in [1.165, 1.54) is 5.56 Å². The van der Waals surface area contributed by atoms with Crippen LogP contribution in [0.4, 0.5) is 5.69 Å². The standard InChI is InChI=1S/C26H25NO3/c1-17-5-7-20(8-6-17)16-29-22-13-18(2)25-23(15-22)30-24(26(25)28)14-19-9-11-21(12-10-19)27(3)4/h5-15H,16H2,1-4H3/b24-14-. The van der Waals surface area contributed by atoms with Crippen molar-refractivity contribution < 1.29 is 14.3 Å². The van der Waals surface area contributed by atoms with Crippen molar-refractivity contribution in [2.24, 2.45) is 0 Å². The first-order valence-corrected chi connectivity index (χ1v) is 9.95. The van der Waals surface area contributed by atoms with Gasteiger partial charge in [0.2, 0.25) is 5.78 Å². The Labute approximate surface area is 177 Å². The molecule has 4 rings (SSSR count). The second-order valence-corrected chi connectivity index (χ2v) is 7.81. The fraction of sp³-hybridized carbons (Fsp3) is 0.192. The number of hydrogen-bond acceptors (Lipinski definition) is 4. The van der Waals surface area contributed by atoms with E-state index in [-0.39, 0.29) is 5.78 Å². The van der Waals surface area contributed by atoms with Gasteiger partial charge in [-0.05, 0) is 54.8 Å². The van der Waals surface area contributed by atoms with Crippen molar-refractivity contribution in [2.75, 3.05) is 19.0 Å². The van der Waals surface area contributed by atoms with Gasteiger partial charge in [-0.25, -0.2) is 0 Å². The van der Waals surface area contributed by atoms with E-state index in [0.717, 1.165) is 22.4 Å². The topological polar surface area (TPSA) is 38.8 Å². The largest absolute Gasteiger partial charge is 0.489 e. The maximum Gasteiger partial charge on any atom is 0.232 e. The van der Waals surface area contributed by atoms with Crippen molar-refractivity contribution in [3.8, 4) is 11.5 Å². The lowest BCUT2D eigenvalue weighted by atomic mass is 10.0. The quantitative estimate of drug-likeness (QED) is 0.526. The summed E-state index contributed by atoms with van der Waals surface area (Å²) in [6.45, 7) is 4.44. The summed E-state index contributed by atoms with van der Waals surface area (Å²) in [5.74, 6) is 1.48. The summed E-state index contributed by atoms with van der Waals surface area (Å²) in [6, 6.07) is 19.9. The molecule has 3 aromatic rings. The van der Waals surface area contributed by atoms with Gasteiger partial charge in [-0.15, -0.1) is 0 Å². The summed E-state index contributed by atoms with van der Waals surface area (Å²) >= 11 is 0. The first-order valence-electron chi connectivity index (χ1n) is 9.95. The lowest BCUT2D eigenvalue weighted by molar-refractivity contribution is 0.101. The van der Waals surface area contributed by atoms with E-state index < -0.39 is 0 Å². The van der Waals surface area contributed by atoms with Crippen molar-refractivity contribution in [3.05, 3.63) is 94.2 Å². The number of ether oxygens (including phenoxy) is 2. The van der Waals surface area contributed by atoms with Gasteiger partial charge in [0.1, 0.15) is 18.1 Å². The number of carbonyl (C=O) groups excluding carboxylic acids is 1. The zero-order valence-corrected chi connectivity index (χ0v) is 17.7. The van der Waals surface area contributed by atoms with Crippen LogP contribution >= 0.6 is 0 Å². The van der Waals surface area contributed by atoms with Crippen LogP contribution in [0.25, 0.3) is 6.08 Å². The van der Waals surface area contributed by atoms with Crippen molar-refractivity contribution in [2.45, 2.75) is 20.5 Å². The Morgan fingerprint density at radius 3 is 2.33 bits per heavy atom. The second-order valence-electron chi connectivity index (χ2n) is 7.81. The molecule has 0 atom stereocenters. The summed E-state index contributed by atoms with van der Waals surface area (Å²) in [6.07, 6.45) is 1.79. The van der Waals surface area contributed by atoms with Gasteiger partial charge in [-0.1, -0.05) is 42.0 Å². The van der Waals surface area contributed by atoms with Gasteiger partial charge < -0.3 is 14.4 Å². The highest BCUT2D eigenvalue weighted by atomic mass is 16.5. The average molecular weight is 399 g/mol. The highest BCUT2D eigenvalue weighted by Crippen LogP contribution is 2.37. The van der Waals surface area contributed by atoms with Gasteiger partial charge >= 0.3 is 0 Å². The van der Waals surface area contributed by atoms with Gasteiger partial charge in [0.25, 0.3) is 0 Å². The van der Waals surface area contributed by atoms with Crippen molar-refractivity contribution in [1.29, 1.82) is 0 Å². The lowest BCUT2D eigenvalue weighted by Gasteiger charge is -2.11. The summed E-state index contributed by atoms with van der Waals surface area (Å²) in [7, 11) is 3.99. The predicted molar refractivity (Wildman–Crippen MR) is 120 cm³/mol. The van der Waals surface area contributed by atoms with Gasteiger partial charge in [-0.3, -0.25) is 4.79 Å². The molecule has 0 aliphatic carbocycles. The Kier molecular flexibility index (Phi) is 5.32. The van der Waals surface area contributed by atoms with Crippen LogP contribution in [0.5, 0.6) is 11.5 Å². The molecule has 1 aliphatic rings. The highest BCUT2D eigenvalue weighted by molar-refractivity contribution is 6.15. The molecule has 4 nitrogen and oxygen atoms in total. The molecule has 0 unspecified atom stereocenters. The number of fused-ring (bicyclic) bond motifs is 1. The Bertz CT molecular complexity index is 1110. The number of hydrogen-bond donors (Lipinski definition) is 0. The Balaban J connectivity index is 1.53. The number of nitrogens with zero attached hydrogens (tertiary/aromatic N) is 1. The van der Waals surface area contributed by atoms with E-state index >= 15 is 0 Å². The summed E-state index contributed by atoms with van der Waals surface area (Å²) in [4.78, 5) is 14.9. The van der Waals surface area contributed by atoms with E-state index in [4.69, 9.17) is 9.47 Å². The van der Waals surface area contributed by atoms with E-state index in [1.807, 2.05) is 56.3 Å². The molecule has 4 heteroatoms. The highest BCUT2D eigenvalue weighted by Gasteiger charge is 2.30. The van der Waals surface area contributed by atoms with Crippen LogP contribution in [-0.2, 0) is 6.61 Å². The smallest absolute Gasteiger partial charge is 0.232 e. The van der Waals surface area contributed by atoms with E-state index in [1.54, 1.807) is 12.1 Å². The van der Waals surface area contributed by atoms with Gasteiger partial charge in [0.05, 0.1) is 5.56 Å². The Morgan fingerprint density at radius 2 is 1.67 bits per heavy atom. The Hall–Kier alpha value is -3.53. The molecule has 0 radical (unpaired) electrons. The van der Waals surface area contributed by atoms with Crippen LogP contribution in [-0.4, -0.2) is 19.9 Å². The number of Topliss-reactive ketones (excluding diaryl/α,β-unsaturated/α-hetero) is 1. The predicted octanol–water partition coefficient (Wildman–Crippen LogP) is 5.56. The third kappa shape index (κ3) is 4.08. The molecule has 1 heterocycles. The molecule has 0 saturated heterocycles. The minimum absolute atomic E-state index is 0.0933. The molecule has 0 saturated carbocycles. The van der Waals surface area contributed by atoms with Crippen LogP contribution in [0.3, 0.4) is 0 Å². The number of aryl methyl sites for hydroxylation is 2. The maximum absolute atomic E-state index is 12.9. The van der Waals surface area contributed by atoms with Gasteiger partial charge in [-0.2, -0.15) is 0 Å². The summed E-state index contributed by atoms with van der Waals surface area (Å²) < 4.78 is 11.9. The molecule has 1 aliphatic heterocycles. The first kappa shape index (κ1) is 19.8. The molecule has 0 N–H and O–H groups in total. The number of carbonyl (C=O) groups is 1. The Morgan fingerprint density at radius 1 is 0.967 bits per heavy atom. The number of rotatable bonds is 5. The molecule has 0 bridgehead atoms. The number of allylic oxidation sites excluding steroid dienone is 1. The van der Waals surface area contributed by atoms with Crippen LogP contribution < -0.4 is 14.4 Å². The lowest BCUT2D eigenvalue weighted by Crippen LogP contribution is -2.08. The third-order valence-corrected chi connectivity index (χ3v) is 5.18. The summed E-state index contributed by atoms with van der Waals surface area (Å²) in [5, 5.41) is 0. The number of ketones is 1. The average Bonchev–Trinajstić information content (AvgIpc) is 3.03. The van der Waals surface area contributed by atoms with Crippen molar-refractivity contribution in [1.82, 2.24) is 0 Å². The van der Waals surface area contributed by atoms with E-state index in [9.17, 15) is 4.79 Å². The minimum atomic E-state index is -0.0933. The maximum atomic E-state index is 12.9. The van der Waals surface area contributed by atoms with Gasteiger partial charge in [0.15, 0.2) is 5.76 Å². The molecule has 3 aromatic carbocycles. The van der Waals surface area contributed by atoms with Crippen LogP contribution in [0.15, 0.2) is 66.4 Å². The molecule has 152 valence electrons.